The van der Waals surface area contributed by atoms with Gasteiger partial charge < -0.3 is 9.42 Å². The first-order chi connectivity index (χ1) is 13.7. The lowest BCUT2D eigenvalue weighted by Gasteiger charge is -2.32. The number of nitrogens with one attached hydrogen (secondary N) is 1. The van der Waals surface area contributed by atoms with Crippen molar-refractivity contribution in [2.24, 2.45) is 0 Å². The van der Waals surface area contributed by atoms with Crippen LogP contribution in [0.1, 0.15) is 59.6 Å². The minimum atomic E-state index is -0.0489. The van der Waals surface area contributed by atoms with Crippen molar-refractivity contribution in [2.45, 2.75) is 45.4 Å². The van der Waals surface area contributed by atoms with Gasteiger partial charge in [0.15, 0.2) is 5.69 Å². The average Bonchev–Trinajstić information content (AvgIpc) is 3.38. The van der Waals surface area contributed by atoms with Crippen LogP contribution in [0.5, 0.6) is 0 Å². The second kappa shape index (κ2) is 8.00. The van der Waals surface area contributed by atoms with E-state index < -0.39 is 0 Å². The van der Waals surface area contributed by atoms with Gasteiger partial charge in [0.1, 0.15) is 5.76 Å². The van der Waals surface area contributed by atoms with Crippen molar-refractivity contribution in [1.82, 2.24) is 20.3 Å². The molecule has 28 heavy (non-hydrogen) atoms. The molecule has 1 unspecified atom stereocenters. The molecule has 146 valence electrons. The number of aromatic amines is 1. The first-order valence-electron chi connectivity index (χ1n) is 10.0. The van der Waals surface area contributed by atoms with Gasteiger partial charge in [-0.1, -0.05) is 41.9 Å². The van der Waals surface area contributed by atoms with E-state index in [0.717, 1.165) is 54.8 Å². The highest BCUT2D eigenvalue weighted by Crippen LogP contribution is 2.33. The van der Waals surface area contributed by atoms with E-state index in [9.17, 15) is 4.79 Å². The Kier molecular flexibility index (Phi) is 5.28. The van der Waals surface area contributed by atoms with Gasteiger partial charge in [-0.2, -0.15) is 5.10 Å². The van der Waals surface area contributed by atoms with E-state index >= 15 is 0 Å². The molecule has 0 radical (unpaired) electrons. The number of amides is 1. The predicted octanol–water partition coefficient (Wildman–Crippen LogP) is 4.35. The molecule has 3 aromatic rings. The Bertz CT molecular complexity index is 942. The summed E-state index contributed by atoms with van der Waals surface area (Å²) in [5, 5.41) is 11.5. The third kappa shape index (κ3) is 3.72. The number of H-pyrrole nitrogens is 1. The highest BCUT2D eigenvalue weighted by atomic mass is 16.5. The summed E-state index contributed by atoms with van der Waals surface area (Å²) in [7, 11) is 0. The molecule has 0 spiro atoms. The summed E-state index contributed by atoms with van der Waals surface area (Å²) in [5.74, 6) is 0.959. The van der Waals surface area contributed by atoms with Crippen molar-refractivity contribution < 1.29 is 9.32 Å². The van der Waals surface area contributed by atoms with Gasteiger partial charge in [-0.05, 0) is 31.7 Å². The van der Waals surface area contributed by atoms with Crippen molar-refractivity contribution in [2.75, 3.05) is 13.1 Å². The van der Waals surface area contributed by atoms with Crippen molar-refractivity contribution in [3.63, 3.8) is 0 Å². The van der Waals surface area contributed by atoms with Crippen molar-refractivity contribution >= 4 is 5.91 Å². The van der Waals surface area contributed by atoms with Crippen LogP contribution in [-0.2, 0) is 6.42 Å². The Hall–Kier alpha value is -2.89. The van der Waals surface area contributed by atoms with E-state index in [0.29, 0.717) is 12.2 Å². The number of likely N-dealkylation sites (tertiary alicyclic amines) is 1. The smallest absolute Gasteiger partial charge is 0.276 e. The van der Waals surface area contributed by atoms with E-state index in [1.54, 1.807) is 6.07 Å². The van der Waals surface area contributed by atoms with Crippen LogP contribution >= 0.6 is 0 Å². The van der Waals surface area contributed by atoms with Gasteiger partial charge in [-0.25, -0.2) is 0 Å². The molecule has 2 aromatic heterocycles. The summed E-state index contributed by atoms with van der Waals surface area (Å²) < 4.78 is 5.29. The summed E-state index contributed by atoms with van der Waals surface area (Å²) in [5.41, 5.74) is 5.02. The number of aryl methyl sites for hydroxylation is 2. The molecular weight excluding hydrogens is 352 g/mol. The topological polar surface area (TPSA) is 75.0 Å². The second-order valence-electron chi connectivity index (χ2n) is 7.58. The van der Waals surface area contributed by atoms with Crippen molar-refractivity contribution in [3.8, 4) is 11.1 Å². The Labute approximate surface area is 164 Å². The average molecular weight is 378 g/mol. The molecule has 0 aliphatic carbocycles. The third-order valence-electron chi connectivity index (χ3n) is 5.42. The third-order valence-corrected chi connectivity index (χ3v) is 5.42. The maximum Gasteiger partial charge on any atom is 0.276 e. The Morgan fingerprint density at radius 2 is 2.14 bits per heavy atom. The van der Waals surface area contributed by atoms with Crippen LogP contribution in [0, 0.1) is 6.92 Å². The minimum absolute atomic E-state index is 0.0489. The van der Waals surface area contributed by atoms with Gasteiger partial charge >= 0.3 is 0 Å². The monoisotopic (exact) mass is 378 g/mol. The number of hydrogen-bond acceptors (Lipinski definition) is 4. The molecular formula is C22H26N4O2. The fraction of sp³-hybridized carbons (Fsp3) is 0.409. The summed E-state index contributed by atoms with van der Waals surface area (Å²) in [6, 6.07) is 10.3. The fourth-order valence-corrected chi connectivity index (χ4v) is 3.91. The standard InChI is InChI=1S/C22H26N4O2/c1-3-5-18-12-20(25-28-18)22(27)26-11-4-6-17(14-26)21-19(13-23-24-21)16-9-7-15(2)8-10-16/h7-10,12-13,17H,3-6,11,14H2,1-2H3,(H,23,24). The lowest BCUT2D eigenvalue weighted by molar-refractivity contribution is 0.0695. The van der Waals surface area contributed by atoms with Gasteiger partial charge in [0, 0.05) is 42.8 Å². The van der Waals surface area contributed by atoms with Crippen LogP contribution in [0.15, 0.2) is 41.1 Å². The quantitative estimate of drug-likeness (QED) is 0.716. The minimum Gasteiger partial charge on any atom is -0.361 e. The van der Waals surface area contributed by atoms with Gasteiger partial charge in [0.2, 0.25) is 0 Å². The largest absolute Gasteiger partial charge is 0.361 e. The predicted molar refractivity (Wildman–Crippen MR) is 107 cm³/mol. The summed E-state index contributed by atoms with van der Waals surface area (Å²) in [4.78, 5) is 14.8. The number of carbonyl (C=O) groups is 1. The lowest BCUT2D eigenvalue weighted by Crippen LogP contribution is -2.39. The molecule has 6 heteroatoms. The number of benzene rings is 1. The van der Waals surface area contributed by atoms with Gasteiger partial charge in [-0.15, -0.1) is 0 Å². The number of carbonyl (C=O) groups excluding carboxylic acids is 1. The second-order valence-corrected chi connectivity index (χ2v) is 7.58. The van der Waals surface area contributed by atoms with Gasteiger partial charge in [0.25, 0.3) is 5.91 Å². The molecule has 1 saturated heterocycles. The number of nitrogens with zero attached hydrogens (tertiary/aromatic N) is 3. The van der Waals surface area contributed by atoms with Crippen LogP contribution in [0.25, 0.3) is 11.1 Å². The number of aromatic nitrogens is 3. The van der Waals surface area contributed by atoms with Crippen molar-refractivity contribution in [1.29, 1.82) is 0 Å². The van der Waals surface area contributed by atoms with E-state index in [-0.39, 0.29) is 11.8 Å². The van der Waals surface area contributed by atoms with Crippen LogP contribution in [0.4, 0.5) is 0 Å². The zero-order valence-corrected chi connectivity index (χ0v) is 16.4. The first kappa shape index (κ1) is 18.5. The molecule has 3 heterocycles. The van der Waals surface area contributed by atoms with E-state index in [4.69, 9.17) is 4.52 Å². The normalized spacial score (nSPS) is 17.1. The summed E-state index contributed by atoms with van der Waals surface area (Å²) in [6.07, 6.45) is 5.65. The molecule has 6 nitrogen and oxygen atoms in total. The molecule has 1 amide bonds. The maximum absolute atomic E-state index is 12.9. The molecule has 1 atom stereocenters. The van der Waals surface area contributed by atoms with Crippen LogP contribution < -0.4 is 0 Å². The van der Waals surface area contributed by atoms with Crippen molar-refractivity contribution in [3.05, 3.63) is 59.2 Å². The molecule has 4 rings (SSSR count). The van der Waals surface area contributed by atoms with Crippen LogP contribution in [0.2, 0.25) is 0 Å². The van der Waals surface area contributed by atoms with E-state index in [1.807, 2.05) is 11.1 Å². The number of rotatable bonds is 5. The van der Waals surface area contributed by atoms with E-state index in [1.165, 1.54) is 5.56 Å². The zero-order chi connectivity index (χ0) is 19.5. The number of hydrogen-bond donors (Lipinski definition) is 1. The maximum atomic E-state index is 12.9. The SMILES string of the molecule is CCCc1cc(C(=O)N2CCCC(c3[nH]ncc3-c3ccc(C)cc3)C2)no1. The first-order valence-corrected chi connectivity index (χ1v) is 10.0. The molecule has 1 aliphatic rings. The molecule has 0 saturated carbocycles. The lowest BCUT2D eigenvalue weighted by atomic mass is 9.90. The van der Waals surface area contributed by atoms with E-state index in [2.05, 4.69) is 53.5 Å². The van der Waals surface area contributed by atoms with Gasteiger partial charge in [0.05, 0.1) is 6.20 Å². The molecule has 1 aromatic carbocycles. The summed E-state index contributed by atoms with van der Waals surface area (Å²) >= 11 is 0. The van der Waals surface area contributed by atoms with Gasteiger partial charge in [-0.3, -0.25) is 9.89 Å². The Morgan fingerprint density at radius 1 is 1.32 bits per heavy atom. The Balaban J connectivity index is 1.52. The molecule has 1 N–H and O–H groups in total. The zero-order valence-electron chi connectivity index (χ0n) is 16.4. The molecule has 1 fully saturated rings. The van der Waals surface area contributed by atoms with Crippen LogP contribution in [0.3, 0.4) is 0 Å². The molecule has 0 bridgehead atoms. The van der Waals surface area contributed by atoms with Crippen LogP contribution in [-0.4, -0.2) is 39.3 Å². The highest BCUT2D eigenvalue weighted by Gasteiger charge is 2.29. The number of piperidine rings is 1. The highest BCUT2D eigenvalue weighted by molar-refractivity contribution is 5.92. The molecule has 1 aliphatic heterocycles. The Morgan fingerprint density at radius 3 is 2.93 bits per heavy atom. The summed E-state index contributed by atoms with van der Waals surface area (Å²) in [6.45, 7) is 5.57. The fourth-order valence-electron chi connectivity index (χ4n) is 3.91.